The van der Waals surface area contributed by atoms with Crippen molar-refractivity contribution < 1.29 is 18.6 Å². The highest BCUT2D eigenvalue weighted by Gasteiger charge is 2.21. The fourth-order valence-corrected chi connectivity index (χ4v) is 3.57. The second-order valence-electron chi connectivity index (χ2n) is 7.01. The van der Waals surface area contributed by atoms with Crippen LogP contribution in [0, 0.1) is 17.8 Å². The lowest BCUT2D eigenvalue weighted by molar-refractivity contribution is -0.161. The van der Waals surface area contributed by atoms with Crippen molar-refractivity contribution >= 4 is 10.9 Å². The van der Waals surface area contributed by atoms with Gasteiger partial charge < -0.3 is 14.2 Å². The first-order valence-corrected chi connectivity index (χ1v) is 9.83. The predicted molar refractivity (Wildman–Crippen MR) is 99.6 cm³/mol. The number of nitrogens with zero attached hydrogens (tertiary/aromatic N) is 2. The highest BCUT2D eigenvalue weighted by molar-refractivity contribution is 5.81. The van der Waals surface area contributed by atoms with Crippen molar-refractivity contribution in [2.75, 3.05) is 19.8 Å². The van der Waals surface area contributed by atoms with E-state index in [0.29, 0.717) is 25.0 Å². The largest absolute Gasteiger partial charge is 0.356 e. The van der Waals surface area contributed by atoms with Gasteiger partial charge in [-0.2, -0.15) is 4.39 Å². The predicted octanol–water partition coefficient (Wildman–Crippen LogP) is 4.16. The van der Waals surface area contributed by atoms with Gasteiger partial charge in [0.2, 0.25) is 5.95 Å². The van der Waals surface area contributed by atoms with E-state index in [2.05, 4.69) is 16.9 Å². The van der Waals surface area contributed by atoms with E-state index in [1.165, 1.54) is 0 Å². The molecule has 2 aliphatic rings. The van der Waals surface area contributed by atoms with E-state index in [-0.39, 0.29) is 12.5 Å². The Hall–Kier alpha value is -1.94. The normalized spacial score (nSPS) is 23.1. The van der Waals surface area contributed by atoms with Crippen molar-refractivity contribution in [2.24, 2.45) is 0 Å². The van der Waals surface area contributed by atoms with Crippen molar-refractivity contribution in [1.29, 1.82) is 0 Å². The van der Waals surface area contributed by atoms with E-state index < -0.39 is 5.95 Å². The number of hydrogen-bond donors (Lipinski definition) is 0. The molecule has 4 rings (SSSR count). The summed E-state index contributed by atoms with van der Waals surface area (Å²) in [7, 11) is 0. The number of fused-ring (bicyclic) bond motifs is 1. The van der Waals surface area contributed by atoms with Gasteiger partial charge >= 0.3 is 0 Å². The Morgan fingerprint density at radius 1 is 1.15 bits per heavy atom. The van der Waals surface area contributed by atoms with E-state index in [1.807, 2.05) is 12.1 Å². The molecule has 0 saturated carbocycles. The smallest absolute Gasteiger partial charge is 0.240 e. The number of ether oxygens (including phenoxy) is 3. The van der Waals surface area contributed by atoms with Gasteiger partial charge in [-0.3, -0.25) is 0 Å². The number of hydrogen-bond acceptors (Lipinski definition) is 4. The standard InChI is InChI=1S/C21H25FN2O3/c22-21-17-15-16(7-1-4-13-26-20-9-3-6-14-27-20)10-11-18(17)24(23-21)19-8-2-5-12-25-19/h10-11,15,19-20H,2-6,8-9,12-14H2. The number of benzene rings is 1. The summed E-state index contributed by atoms with van der Waals surface area (Å²) in [5.41, 5.74) is 1.53. The van der Waals surface area contributed by atoms with Gasteiger partial charge in [0.1, 0.15) is 0 Å². The summed E-state index contributed by atoms with van der Waals surface area (Å²) in [6.07, 6.45) is 6.57. The van der Waals surface area contributed by atoms with Gasteiger partial charge in [-0.05, 0) is 56.7 Å². The van der Waals surface area contributed by atoms with Gasteiger partial charge in [0.15, 0.2) is 12.5 Å². The molecule has 3 heterocycles. The molecule has 1 aromatic heterocycles. The number of aromatic nitrogens is 2. The number of halogens is 1. The molecule has 5 nitrogen and oxygen atoms in total. The molecule has 0 spiro atoms. The van der Waals surface area contributed by atoms with E-state index in [4.69, 9.17) is 14.2 Å². The van der Waals surface area contributed by atoms with Gasteiger partial charge in [-0.15, -0.1) is 5.10 Å². The second-order valence-corrected chi connectivity index (χ2v) is 7.01. The van der Waals surface area contributed by atoms with Gasteiger partial charge in [-0.25, -0.2) is 4.68 Å². The molecule has 2 aromatic rings. The van der Waals surface area contributed by atoms with Crippen LogP contribution in [0.4, 0.5) is 4.39 Å². The quantitative estimate of drug-likeness (QED) is 0.597. The maximum Gasteiger partial charge on any atom is 0.240 e. The van der Waals surface area contributed by atoms with Crippen LogP contribution in [0.5, 0.6) is 0 Å². The summed E-state index contributed by atoms with van der Waals surface area (Å²) in [5.74, 6) is 5.70. The van der Waals surface area contributed by atoms with Crippen LogP contribution in [-0.2, 0) is 14.2 Å². The highest BCUT2D eigenvalue weighted by Crippen LogP contribution is 2.28. The first-order chi connectivity index (χ1) is 13.3. The Labute approximate surface area is 158 Å². The average molecular weight is 372 g/mol. The zero-order chi connectivity index (χ0) is 18.5. The molecular formula is C21H25FN2O3. The lowest BCUT2D eigenvalue weighted by Crippen LogP contribution is -2.22. The Bertz CT molecular complexity index is 827. The van der Waals surface area contributed by atoms with E-state index in [0.717, 1.165) is 56.2 Å². The highest BCUT2D eigenvalue weighted by atomic mass is 19.1. The zero-order valence-electron chi connectivity index (χ0n) is 15.5. The molecular weight excluding hydrogens is 347 g/mol. The van der Waals surface area contributed by atoms with Gasteiger partial charge in [0.05, 0.1) is 17.5 Å². The van der Waals surface area contributed by atoms with Crippen molar-refractivity contribution in [2.45, 2.75) is 57.5 Å². The van der Waals surface area contributed by atoms with Gasteiger partial charge in [0.25, 0.3) is 0 Å². The average Bonchev–Trinajstić information content (AvgIpc) is 3.05. The van der Waals surface area contributed by atoms with Crippen LogP contribution in [0.25, 0.3) is 10.9 Å². The summed E-state index contributed by atoms with van der Waals surface area (Å²) >= 11 is 0. The lowest BCUT2D eigenvalue weighted by atomic mass is 10.1. The Morgan fingerprint density at radius 3 is 2.78 bits per heavy atom. The summed E-state index contributed by atoms with van der Waals surface area (Å²) in [4.78, 5) is 0. The van der Waals surface area contributed by atoms with Crippen LogP contribution >= 0.6 is 0 Å². The van der Waals surface area contributed by atoms with Gasteiger partial charge in [0, 0.05) is 25.2 Å². The first-order valence-electron chi connectivity index (χ1n) is 9.83. The molecule has 0 radical (unpaired) electrons. The Morgan fingerprint density at radius 2 is 2.00 bits per heavy atom. The Kier molecular flexibility index (Phi) is 6.03. The SMILES string of the molecule is Fc1nn(C2CCCCO2)c2ccc(C#CCCOC3CCCCO3)cc12. The molecule has 27 heavy (non-hydrogen) atoms. The summed E-state index contributed by atoms with van der Waals surface area (Å²) in [6.45, 7) is 2.03. The fourth-order valence-electron chi connectivity index (χ4n) is 3.57. The summed E-state index contributed by atoms with van der Waals surface area (Å²) in [5, 5.41) is 4.55. The third-order valence-corrected chi connectivity index (χ3v) is 4.99. The van der Waals surface area contributed by atoms with Crippen molar-refractivity contribution in [1.82, 2.24) is 9.78 Å². The fraction of sp³-hybridized carbons (Fsp3) is 0.571. The van der Waals surface area contributed by atoms with Crippen LogP contribution < -0.4 is 0 Å². The minimum absolute atomic E-state index is 0.0844. The minimum Gasteiger partial charge on any atom is -0.356 e. The van der Waals surface area contributed by atoms with Crippen molar-refractivity contribution in [3.63, 3.8) is 0 Å². The van der Waals surface area contributed by atoms with E-state index in [9.17, 15) is 4.39 Å². The molecule has 2 fully saturated rings. The summed E-state index contributed by atoms with van der Waals surface area (Å²) in [6, 6.07) is 5.54. The van der Waals surface area contributed by atoms with Crippen LogP contribution in [-0.4, -0.2) is 35.9 Å². The second kappa shape index (κ2) is 8.83. The maximum absolute atomic E-state index is 14.3. The van der Waals surface area contributed by atoms with Crippen molar-refractivity contribution in [3.05, 3.63) is 29.7 Å². The molecule has 0 aliphatic carbocycles. The lowest BCUT2D eigenvalue weighted by Gasteiger charge is -2.23. The molecule has 144 valence electrons. The van der Waals surface area contributed by atoms with Crippen LogP contribution in [0.2, 0.25) is 0 Å². The zero-order valence-corrected chi connectivity index (χ0v) is 15.5. The van der Waals surface area contributed by atoms with Crippen LogP contribution in [0.15, 0.2) is 18.2 Å². The monoisotopic (exact) mass is 372 g/mol. The van der Waals surface area contributed by atoms with Gasteiger partial charge in [-0.1, -0.05) is 11.8 Å². The molecule has 2 atom stereocenters. The molecule has 2 saturated heterocycles. The van der Waals surface area contributed by atoms with Crippen LogP contribution in [0.3, 0.4) is 0 Å². The molecule has 1 aromatic carbocycles. The van der Waals surface area contributed by atoms with Crippen molar-refractivity contribution in [3.8, 4) is 11.8 Å². The molecule has 0 amide bonds. The maximum atomic E-state index is 14.3. The minimum atomic E-state index is -0.472. The molecule has 0 bridgehead atoms. The first kappa shape index (κ1) is 18.4. The summed E-state index contributed by atoms with van der Waals surface area (Å²) < 4.78 is 32.9. The third-order valence-electron chi connectivity index (χ3n) is 4.99. The van der Waals surface area contributed by atoms with E-state index in [1.54, 1.807) is 10.7 Å². The molecule has 0 N–H and O–H groups in total. The van der Waals surface area contributed by atoms with Crippen LogP contribution in [0.1, 0.15) is 56.7 Å². The topological polar surface area (TPSA) is 45.5 Å². The third kappa shape index (κ3) is 4.49. The Balaban J connectivity index is 1.39. The molecule has 2 aliphatic heterocycles. The number of rotatable bonds is 4. The van der Waals surface area contributed by atoms with E-state index >= 15 is 0 Å². The molecule has 6 heteroatoms. The molecule has 2 unspecified atom stereocenters.